The van der Waals surface area contributed by atoms with Gasteiger partial charge >= 0.3 is 0 Å². The number of para-hydroxylation sites is 1. The van der Waals surface area contributed by atoms with Gasteiger partial charge in [0.05, 0.1) is 5.52 Å². The molecule has 0 fully saturated rings. The molecule has 1 aromatic carbocycles. The van der Waals surface area contributed by atoms with Gasteiger partial charge in [0.25, 0.3) is 0 Å². The second kappa shape index (κ2) is 4.05. The highest BCUT2D eigenvalue weighted by Gasteiger charge is 2.12. The van der Waals surface area contributed by atoms with Crippen molar-refractivity contribution in [1.82, 2.24) is 15.2 Å². The lowest BCUT2D eigenvalue weighted by Crippen LogP contribution is -1.90. The van der Waals surface area contributed by atoms with Gasteiger partial charge in [0, 0.05) is 10.9 Å². The number of nitrogen functional groups attached to an aromatic ring is 1. The van der Waals surface area contributed by atoms with Crippen molar-refractivity contribution in [2.75, 3.05) is 5.73 Å². The standard InChI is InChI=1S/C12H7N5S/c13-6-10-8(11-16-17-12(14)18-11)5-7-3-1-2-4-9(7)15-10/h1-5H,(H2,14,17). The summed E-state index contributed by atoms with van der Waals surface area (Å²) in [6, 6.07) is 11.6. The topological polar surface area (TPSA) is 88.5 Å². The number of nitrogens with two attached hydrogens (primary N) is 1. The molecule has 0 amide bonds. The van der Waals surface area contributed by atoms with Crippen LogP contribution in [0.4, 0.5) is 5.13 Å². The lowest BCUT2D eigenvalue weighted by atomic mass is 10.1. The first-order valence-corrected chi connectivity index (χ1v) is 5.99. The number of pyridine rings is 1. The molecule has 86 valence electrons. The number of hydrogen-bond donors (Lipinski definition) is 1. The maximum absolute atomic E-state index is 9.16. The normalized spacial score (nSPS) is 10.4. The highest BCUT2D eigenvalue weighted by molar-refractivity contribution is 7.18. The van der Waals surface area contributed by atoms with Gasteiger partial charge in [0.15, 0.2) is 10.7 Å². The average molecular weight is 253 g/mol. The number of aromatic nitrogens is 3. The van der Waals surface area contributed by atoms with Gasteiger partial charge in [0.1, 0.15) is 6.07 Å². The van der Waals surface area contributed by atoms with Crippen molar-refractivity contribution in [2.24, 2.45) is 0 Å². The Morgan fingerprint density at radius 2 is 2.06 bits per heavy atom. The molecule has 18 heavy (non-hydrogen) atoms. The zero-order chi connectivity index (χ0) is 12.5. The van der Waals surface area contributed by atoms with E-state index in [0.717, 1.165) is 10.9 Å². The minimum Gasteiger partial charge on any atom is -0.374 e. The van der Waals surface area contributed by atoms with Gasteiger partial charge in [0.2, 0.25) is 5.13 Å². The molecule has 0 saturated carbocycles. The summed E-state index contributed by atoms with van der Waals surface area (Å²) in [5.74, 6) is 0. The Kier molecular flexibility index (Phi) is 2.39. The predicted octanol–water partition coefficient (Wildman–Crippen LogP) is 2.21. The lowest BCUT2D eigenvalue weighted by Gasteiger charge is -2.02. The van der Waals surface area contributed by atoms with Crippen molar-refractivity contribution in [2.45, 2.75) is 0 Å². The molecule has 3 aromatic rings. The van der Waals surface area contributed by atoms with Gasteiger partial charge in [-0.3, -0.25) is 0 Å². The van der Waals surface area contributed by atoms with Crippen LogP contribution in [-0.4, -0.2) is 15.2 Å². The first kappa shape index (κ1) is 10.6. The fourth-order valence-electron chi connectivity index (χ4n) is 1.71. The molecule has 0 radical (unpaired) electrons. The van der Waals surface area contributed by atoms with Crippen molar-refractivity contribution < 1.29 is 0 Å². The third kappa shape index (κ3) is 1.67. The Morgan fingerprint density at radius 3 is 2.78 bits per heavy atom. The number of benzene rings is 1. The van der Waals surface area contributed by atoms with E-state index in [1.165, 1.54) is 11.3 Å². The van der Waals surface area contributed by atoms with Gasteiger partial charge < -0.3 is 5.73 Å². The molecule has 0 aliphatic rings. The molecule has 0 aliphatic heterocycles. The monoisotopic (exact) mass is 253 g/mol. The van der Waals surface area contributed by atoms with Crippen LogP contribution < -0.4 is 5.73 Å². The van der Waals surface area contributed by atoms with E-state index in [-0.39, 0.29) is 0 Å². The van der Waals surface area contributed by atoms with Crippen LogP contribution in [0.1, 0.15) is 5.69 Å². The summed E-state index contributed by atoms with van der Waals surface area (Å²) < 4.78 is 0. The average Bonchev–Trinajstić information content (AvgIpc) is 2.83. The summed E-state index contributed by atoms with van der Waals surface area (Å²) in [6.45, 7) is 0. The second-order valence-electron chi connectivity index (χ2n) is 3.63. The smallest absolute Gasteiger partial charge is 0.203 e. The first-order chi connectivity index (χ1) is 8.78. The number of fused-ring (bicyclic) bond motifs is 1. The van der Waals surface area contributed by atoms with E-state index in [1.807, 2.05) is 30.3 Å². The molecule has 3 rings (SSSR count). The van der Waals surface area contributed by atoms with Gasteiger partial charge in [-0.1, -0.05) is 29.5 Å². The van der Waals surface area contributed by atoms with E-state index in [4.69, 9.17) is 11.0 Å². The molecular weight excluding hydrogens is 246 g/mol. The fraction of sp³-hybridized carbons (Fsp3) is 0. The van der Waals surface area contributed by atoms with Crippen LogP contribution in [0.2, 0.25) is 0 Å². The SMILES string of the molecule is N#Cc1nc2ccccc2cc1-c1nnc(N)s1. The Balaban J connectivity index is 2.31. The van der Waals surface area contributed by atoms with E-state index in [0.29, 0.717) is 21.4 Å². The Bertz CT molecular complexity index is 771. The van der Waals surface area contributed by atoms with Crippen LogP contribution in [0.15, 0.2) is 30.3 Å². The predicted molar refractivity (Wildman–Crippen MR) is 69.8 cm³/mol. The van der Waals surface area contributed by atoms with Crippen LogP contribution in [0.5, 0.6) is 0 Å². The molecule has 0 atom stereocenters. The van der Waals surface area contributed by atoms with Crippen molar-refractivity contribution in [3.63, 3.8) is 0 Å². The zero-order valence-corrected chi connectivity index (χ0v) is 9.98. The van der Waals surface area contributed by atoms with Crippen LogP contribution in [-0.2, 0) is 0 Å². The Hall–Kier alpha value is -2.52. The molecule has 0 spiro atoms. The molecule has 0 aliphatic carbocycles. The third-order valence-electron chi connectivity index (χ3n) is 2.50. The van der Waals surface area contributed by atoms with Crippen molar-refractivity contribution in [1.29, 1.82) is 5.26 Å². The van der Waals surface area contributed by atoms with Crippen LogP contribution in [0, 0.1) is 11.3 Å². The maximum atomic E-state index is 9.16. The second-order valence-corrected chi connectivity index (χ2v) is 4.64. The highest BCUT2D eigenvalue weighted by atomic mass is 32.1. The van der Waals surface area contributed by atoms with Gasteiger partial charge in [-0.25, -0.2) is 4.98 Å². The summed E-state index contributed by atoms with van der Waals surface area (Å²) in [4.78, 5) is 4.32. The first-order valence-electron chi connectivity index (χ1n) is 5.17. The molecule has 2 aromatic heterocycles. The molecule has 6 heteroatoms. The molecule has 5 nitrogen and oxygen atoms in total. The highest BCUT2D eigenvalue weighted by Crippen LogP contribution is 2.29. The van der Waals surface area contributed by atoms with Gasteiger partial charge in [-0.2, -0.15) is 5.26 Å². The van der Waals surface area contributed by atoms with E-state index < -0.39 is 0 Å². The number of nitrogens with zero attached hydrogens (tertiary/aromatic N) is 4. The molecule has 2 heterocycles. The minimum atomic E-state index is 0.338. The quantitative estimate of drug-likeness (QED) is 0.718. The molecule has 0 bridgehead atoms. The summed E-state index contributed by atoms with van der Waals surface area (Å²) in [5, 5.41) is 18.8. The van der Waals surface area contributed by atoms with Gasteiger partial charge in [-0.05, 0) is 12.1 Å². The van der Waals surface area contributed by atoms with E-state index in [2.05, 4.69) is 21.3 Å². The zero-order valence-electron chi connectivity index (χ0n) is 9.16. The minimum absolute atomic E-state index is 0.338. The summed E-state index contributed by atoms with van der Waals surface area (Å²) in [5.41, 5.74) is 7.36. The van der Waals surface area contributed by atoms with Crippen LogP contribution in [0.25, 0.3) is 21.5 Å². The Labute approximate surface area is 107 Å². The fourth-order valence-corrected chi connectivity index (χ4v) is 2.33. The molecule has 2 N–H and O–H groups in total. The van der Waals surface area contributed by atoms with E-state index >= 15 is 0 Å². The molecule has 0 unspecified atom stereocenters. The summed E-state index contributed by atoms with van der Waals surface area (Å²) >= 11 is 1.24. The number of nitriles is 1. The molecule has 0 saturated heterocycles. The van der Waals surface area contributed by atoms with E-state index in [9.17, 15) is 0 Å². The van der Waals surface area contributed by atoms with Crippen molar-refractivity contribution in [3.05, 3.63) is 36.0 Å². The largest absolute Gasteiger partial charge is 0.374 e. The van der Waals surface area contributed by atoms with Crippen LogP contribution >= 0.6 is 11.3 Å². The van der Waals surface area contributed by atoms with Crippen molar-refractivity contribution >= 4 is 27.4 Å². The summed E-state index contributed by atoms with van der Waals surface area (Å²) in [6.07, 6.45) is 0. The lowest BCUT2D eigenvalue weighted by molar-refractivity contribution is 1.10. The van der Waals surface area contributed by atoms with Crippen molar-refractivity contribution in [3.8, 4) is 16.6 Å². The molecular formula is C12H7N5S. The number of hydrogen-bond acceptors (Lipinski definition) is 6. The van der Waals surface area contributed by atoms with E-state index in [1.54, 1.807) is 0 Å². The number of rotatable bonds is 1. The Morgan fingerprint density at radius 1 is 1.22 bits per heavy atom. The third-order valence-corrected chi connectivity index (χ3v) is 3.29. The van der Waals surface area contributed by atoms with Gasteiger partial charge in [-0.15, -0.1) is 10.2 Å². The maximum Gasteiger partial charge on any atom is 0.203 e. The summed E-state index contributed by atoms with van der Waals surface area (Å²) in [7, 11) is 0. The number of anilines is 1. The van der Waals surface area contributed by atoms with Crippen LogP contribution in [0.3, 0.4) is 0 Å².